The van der Waals surface area contributed by atoms with E-state index in [-0.39, 0.29) is 6.04 Å². The van der Waals surface area contributed by atoms with Gasteiger partial charge in [-0.15, -0.1) is 17.9 Å². The molecule has 0 fully saturated rings. The van der Waals surface area contributed by atoms with Gasteiger partial charge in [-0.3, -0.25) is 0 Å². The van der Waals surface area contributed by atoms with Gasteiger partial charge >= 0.3 is 0 Å². The molecule has 0 saturated carbocycles. The largest absolute Gasteiger partial charge is 0.322 e. The molecular weight excluding hydrogens is 144 g/mol. The summed E-state index contributed by atoms with van der Waals surface area (Å²) in [5.41, 5.74) is 5.73. The second-order valence-electron chi connectivity index (χ2n) is 2.00. The molecule has 1 aromatic heterocycles. The number of hydrogen-bond donors (Lipinski definition) is 1. The minimum Gasteiger partial charge on any atom is -0.322 e. The van der Waals surface area contributed by atoms with Crippen molar-refractivity contribution in [2.45, 2.75) is 12.5 Å². The minimum absolute atomic E-state index is 0.0394. The van der Waals surface area contributed by atoms with E-state index in [0.29, 0.717) is 0 Å². The second-order valence-corrected chi connectivity index (χ2v) is 2.93. The van der Waals surface area contributed by atoms with Crippen LogP contribution in [0.1, 0.15) is 17.5 Å². The fraction of sp³-hybridized carbons (Fsp3) is 0.286. The number of aromatic nitrogens is 1. The van der Waals surface area contributed by atoms with E-state index in [4.69, 9.17) is 5.73 Å². The lowest BCUT2D eigenvalue weighted by atomic mass is 10.2. The molecule has 0 spiro atoms. The molecule has 3 heteroatoms. The van der Waals surface area contributed by atoms with Gasteiger partial charge in [0.2, 0.25) is 0 Å². The lowest BCUT2D eigenvalue weighted by molar-refractivity contribution is 0.734. The number of hydrogen-bond acceptors (Lipinski definition) is 3. The smallest absolute Gasteiger partial charge is 0.110 e. The van der Waals surface area contributed by atoms with Crippen molar-refractivity contribution >= 4 is 11.3 Å². The van der Waals surface area contributed by atoms with Crippen molar-refractivity contribution in [3.8, 4) is 0 Å². The van der Waals surface area contributed by atoms with Gasteiger partial charge in [0.05, 0.1) is 6.04 Å². The Morgan fingerprint density at radius 2 is 2.70 bits per heavy atom. The first-order valence-corrected chi connectivity index (χ1v) is 3.98. The Bertz CT molecular complexity index is 193. The van der Waals surface area contributed by atoms with E-state index >= 15 is 0 Å². The van der Waals surface area contributed by atoms with Gasteiger partial charge in [-0.05, 0) is 6.42 Å². The average molecular weight is 154 g/mol. The first-order chi connectivity index (χ1) is 4.84. The monoisotopic (exact) mass is 154 g/mol. The Morgan fingerprint density at radius 1 is 1.90 bits per heavy atom. The molecule has 1 atom stereocenters. The van der Waals surface area contributed by atoms with Crippen molar-refractivity contribution in [2.24, 2.45) is 5.73 Å². The summed E-state index contributed by atoms with van der Waals surface area (Å²) in [6.07, 6.45) is 4.38. The predicted octanol–water partition coefficient (Wildman–Crippen LogP) is 1.72. The molecule has 2 nitrogen and oxygen atoms in total. The lowest BCUT2D eigenvalue weighted by Crippen LogP contribution is -2.07. The van der Waals surface area contributed by atoms with E-state index in [1.54, 1.807) is 17.5 Å². The maximum atomic E-state index is 5.73. The summed E-state index contributed by atoms with van der Waals surface area (Å²) >= 11 is 1.59. The highest BCUT2D eigenvalue weighted by Gasteiger charge is 2.04. The van der Waals surface area contributed by atoms with Gasteiger partial charge in [-0.25, -0.2) is 4.98 Å². The van der Waals surface area contributed by atoms with Gasteiger partial charge in [-0.2, -0.15) is 0 Å². The maximum absolute atomic E-state index is 5.73. The molecule has 0 bridgehead atoms. The van der Waals surface area contributed by atoms with Crippen molar-refractivity contribution in [3.05, 3.63) is 29.2 Å². The molecule has 0 radical (unpaired) electrons. The first kappa shape index (κ1) is 7.44. The molecule has 0 saturated heterocycles. The van der Waals surface area contributed by atoms with Crippen molar-refractivity contribution in [1.82, 2.24) is 4.98 Å². The summed E-state index contributed by atoms with van der Waals surface area (Å²) in [5, 5.41) is 2.91. The van der Waals surface area contributed by atoms with Crippen LogP contribution < -0.4 is 5.73 Å². The third kappa shape index (κ3) is 1.65. The SMILES string of the molecule is C=CCC(N)c1nccs1. The molecule has 1 heterocycles. The third-order valence-electron chi connectivity index (χ3n) is 1.19. The quantitative estimate of drug-likeness (QED) is 0.673. The average Bonchev–Trinajstić information content (AvgIpc) is 2.38. The molecule has 10 heavy (non-hydrogen) atoms. The van der Waals surface area contributed by atoms with Gasteiger partial charge in [0.1, 0.15) is 5.01 Å². The normalized spacial score (nSPS) is 12.9. The van der Waals surface area contributed by atoms with Crippen LogP contribution in [0.15, 0.2) is 24.2 Å². The summed E-state index contributed by atoms with van der Waals surface area (Å²) in [6, 6.07) is 0.0394. The Labute approximate surface area is 64.4 Å². The molecule has 0 aromatic carbocycles. The van der Waals surface area contributed by atoms with Gasteiger partial charge in [0, 0.05) is 11.6 Å². The van der Waals surface area contributed by atoms with E-state index in [1.165, 1.54) is 0 Å². The highest BCUT2D eigenvalue weighted by atomic mass is 32.1. The lowest BCUT2D eigenvalue weighted by Gasteiger charge is -2.02. The Hall–Kier alpha value is -0.670. The van der Waals surface area contributed by atoms with E-state index < -0.39 is 0 Å². The molecule has 0 aliphatic carbocycles. The number of nitrogens with two attached hydrogens (primary N) is 1. The van der Waals surface area contributed by atoms with Crippen LogP contribution in [-0.2, 0) is 0 Å². The van der Waals surface area contributed by atoms with Gasteiger partial charge in [-0.1, -0.05) is 6.08 Å². The standard InChI is InChI=1S/C7H10N2S/c1-2-3-6(8)7-9-4-5-10-7/h2,4-6H,1,3,8H2. The Morgan fingerprint density at radius 3 is 3.20 bits per heavy atom. The molecule has 2 N–H and O–H groups in total. The molecule has 1 unspecified atom stereocenters. The van der Waals surface area contributed by atoms with Crippen LogP contribution in [0.5, 0.6) is 0 Å². The zero-order valence-corrected chi connectivity index (χ0v) is 6.47. The highest BCUT2D eigenvalue weighted by molar-refractivity contribution is 7.09. The van der Waals surface area contributed by atoms with Crippen LogP contribution in [0.25, 0.3) is 0 Å². The number of rotatable bonds is 3. The van der Waals surface area contributed by atoms with Crippen LogP contribution in [0.3, 0.4) is 0 Å². The zero-order chi connectivity index (χ0) is 7.40. The minimum atomic E-state index is 0.0394. The van der Waals surface area contributed by atoms with Crippen LogP contribution in [-0.4, -0.2) is 4.98 Å². The van der Waals surface area contributed by atoms with Gasteiger partial charge in [0.15, 0.2) is 0 Å². The predicted molar refractivity (Wildman–Crippen MR) is 43.9 cm³/mol. The molecule has 54 valence electrons. The molecular formula is C7H10N2S. The van der Waals surface area contributed by atoms with Crippen molar-refractivity contribution in [3.63, 3.8) is 0 Å². The topological polar surface area (TPSA) is 38.9 Å². The summed E-state index contributed by atoms with van der Waals surface area (Å²) in [5.74, 6) is 0. The first-order valence-electron chi connectivity index (χ1n) is 3.10. The van der Waals surface area contributed by atoms with E-state index in [2.05, 4.69) is 11.6 Å². The highest BCUT2D eigenvalue weighted by Crippen LogP contribution is 2.15. The number of thiazole rings is 1. The fourth-order valence-corrected chi connectivity index (χ4v) is 1.35. The molecule has 0 amide bonds. The number of nitrogens with zero attached hydrogens (tertiary/aromatic N) is 1. The van der Waals surface area contributed by atoms with Crippen molar-refractivity contribution in [2.75, 3.05) is 0 Å². The molecule has 0 aliphatic rings. The Balaban J connectivity index is 2.58. The van der Waals surface area contributed by atoms with Crippen molar-refractivity contribution in [1.29, 1.82) is 0 Å². The van der Waals surface area contributed by atoms with Crippen LogP contribution >= 0.6 is 11.3 Å². The molecule has 1 aromatic rings. The molecule has 0 aliphatic heterocycles. The van der Waals surface area contributed by atoms with Crippen LogP contribution in [0.2, 0.25) is 0 Å². The Kier molecular flexibility index (Phi) is 2.59. The summed E-state index contributed by atoms with van der Waals surface area (Å²) < 4.78 is 0. The zero-order valence-electron chi connectivity index (χ0n) is 5.66. The van der Waals surface area contributed by atoms with E-state index in [0.717, 1.165) is 11.4 Å². The van der Waals surface area contributed by atoms with Crippen LogP contribution in [0, 0.1) is 0 Å². The van der Waals surface area contributed by atoms with Crippen LogP contribution in [0.4, 0.5) is 0 Å². The molecule has 1 rings (SSSR count). The fourth-order valence-electron chi connectivity index (χ4n) is 0.698. The summed E-state index contributed by atoms with van der Waals surface area (Å²) in [4.78, 5) is 4.08. The second kappa shape index (κ2) is 3.49. The van der Waals surface area contributed by atoms with E-state index in [1.807, 2.05) is 11.5 Å². The summed E-state index contributed by atoms with van der Waals surface area (Å²) in [6.45, 7) is 3.61. The van der Waals surface area contributed by atoms with Gasteiger partial charge in [0.25, 0.3) is 0 Å². The maximum Gasteiger partial charge on any atom is 0.110 e. The van der Waals surface area contributed by atoms with Crippen molar-refractivity contribution < 1.29 is 0 Å². The van der Waals surface area contributed by atoms with E-state index in [9.17, 15) is 0 Å². The van der Waals surface area contributed by atoms with Gasteiger partial charge < -0.3 is 5.73 Å². The summed E-state index contributed by atoms with van der Waals surface area (Å²) in [7, 11) is 0. The third-order valence-corrected chi connectivity index (χ3v) is 2.10.